The molecule has 0 aliphatic heterocycles. The van der Waals surface area contributed by atoms with Crippen LogP contribution < -0.4 is 67.2 Å². The third kappa shape index (κ3) is 26.2. The monoisotopic (exact) mass is 1730 g/mol. The van der Waals surface area contributed by atoms with Crippen molar-refractivity contribution in [2.24, 2.45) is 0 Å². The molecule has 14 aromatic carbocycles. The van der Waals surface area contributed by atoms with Gasteiger partial charge in [-0.25, -0.2) is 4.79 Å². The minimum atomic E-state index is -2.04. The molecule has 14 aromatic rings. The molecular weight excluding hydrogens is 1640 g/mol. The molecule has 0 atom stereocenters. The second kappa shape index (κ2) is 45.2. The molecule has 0 spiro atoms. The second-order valence-electron chi connectivity index (χ2n) is 23.7. The third-order valence-corrected chi connectivity index (χ3v) is 31.8. The normalized spacial score (nSPS) is 10.3. The summed E-state index contributed by atoms with van der Waals surface area (Å²) in [6.45, 7) is 0. The van der Waals surface area contributed by atoms with Gasteiger partial charge in [0.2, 0.25) is 0 Å². The zero-order valence-electron chi connectivity index (χ0n) is 57.9. The summed E-state index contributed by atoms with van der Waals surface area (Å²) in [5.41, 5.74) is 1.26. The van der Waals surface area contributed by atoms with Crippen LogP contribution >= 0.6 is 54.3 Å². The van der Waals surface area contributed by atoms with Gasteiger partial charge in [0, 0.05) is 24.0 Å². The van der Waals surface area contributed by atoms with Crippen LogP contribution in [0.2, 0.25) is 14.8 Å². The fraction of sp³-hybridized carbons (Fsp3) is 0.0652. The van der Waals surface area contributed by atoms with Crippen molar-refractivity contribution in [1.82, 2.24) is 0 Å². The van der Waals surface area contributed by atoms with Crippen LogP contribution in [0.4, 0.5) is 0 Å². The maximum atomic E-state index is 11.3. The van der Waals surface area contributed by atoms with E-state index in [9.17, 15) is 9.59 Å². The van der Waals surface area contributed by atoms with Crippen LogP contribution in [0.3, 0.4) is 0 Å². The zero-order chi connectivity index (χ0) is 70.7. The Hall–Kier alpha value is -8.07. The van der Waals surface area contributed by atoms with E-state index in [2.05, 4.69) is 417 Å². The van der Waals surface area contributed by atoms with Gasteiger partial charge in [-0.1, -0.05) is 377 Å². The van der Waals surface area contributed by atoms with Crippen molar-refractivity contribution in [3.8, 4) is 0 Å². The van der Waals surface area contributed by atoms with E-state index in [1.54, 1.807) is 18.2 Å². The molecular formula is C92H87IO4P4PdSn. The van der Waals surface area contributed by atoms with Crippen LogP contribution in [0.1, 0.15) is 28.1 Å². The molecule has 14 rings (SSSR count). The average Bonchev–Trinajstić information content (AvgIpc) is 0.862. The van der Waals surface area contributed by atoms with Crippen LogP contribution in [0.15, 0.2) is 413 Å². The van der Waals surface area contributed by atoms with Crippen molar-refractivity contribution in [1.29, 1.82) is 0 Å². The Morgan fingerprint density at radius 2 is 0.417 bits per heavy atom. The summed E-state index contributed by atoms with van der Waals surface area (Å²) in [6, 6.07) is 144. The van der Waals surface area contributed by atoms with Gasteiger partial charge >= 0.3 is 95.2 Å². The first kappa shape index (κ1) is 82.2. The van der Waals surface area contributed by atoms with E-state index < -0.39 is 50.1 Å². The minimum Gasteiger partial charge on any atom is -0.465 e. The molecule has 0 unspecified atom stereocenters. The van der Waals surface area contributed by atoms with Crippen molar-refractivity contribution < 1.29 is 39.5 Å². The first-order chi connectivity index (χ1) is 49.5. The molecule has 0 bridgehead atoms. The molecule has 0 amide bonds. The summed E-state index contributed by atoms with van der Waals surface area (Å²) in [7, 11) is 1.01. The van der Waals surface area contributed by atoms with Crippen molar-refractivity contribution in [3.63, 3.8) is 0 Å². The summed E-state index contributed by atoms with van der Waals surface area (Å²) in [6.07, 6.45) is 0. The Bertz CT molecular complexity index is 3780. The molecule has 0 fully saturated rings. The first-order valence-electron chi connectivity index (χ1n) is 33.3. The predicted molar refractivity (Wildman–Crippen MR) is 459 cm³/mol. The van der Waals surface area contributed by atoms with Gasteiger partial charge < -0.3 is 4.74 Å². The van der Waals surface area contributed by atoms with Crippen LogP contribution in [0, 0.1) is 3.57 Å². The number of rotatable bonds is 15. The molecule has 0 N–H and O–H groups in total. The van der Waals surface area contributed by atoms with E-state index in [0.717, 1.165) is 3.57 Å². The Balaban J connectivity index is 0.000000174. The molecule has 520 valence electrons. The summed E-state index contributed by atoms with van der Waals surface area (Å²) in [4.78, 5) is 29.2. The Kier molecular flexibility index (Phi) is 36.1. The molecule has 0 aromatic heterocycles. The SMILES string of the molecule is C.COC(=O)c1ccc[c]([Sn]([CH3])([CH3])[CH3])c1.COC(=O)c1cccc(I)c1.[Pd].c1ccc(P(c2ccccc2)c2ccccc2)cc1.c1ccc(P(c2ccccc2)c2ccccc2)cc1.c1ccc(P(c2ccccc2)c2ccccc2)cc1.c1ccc(P(c2ccccc2)c2ccccc2)cc1. The minimum absolute atomic E-state index is 0. The fourth-order valence-corrected chi connectivity index (χ4v) is 23.8. The summed E-state index contributed by atoms with van der Waals surface area (Å²) in [5.74, 6) is -0.536. The first-order valence-corrected chi connectivity index (χ1v) is 49.8. The molecule has 0 heterocycles. The van der Waals surface area contributed by atoms with E-state index in [4.69, 9.17) is 0 Å². The van der Waals surface area contributed by atoms with Crippen LogP contribution in [0.5, 0.6) is 0 Å². The summed E-state index contributed by atoms with van der Waals surface area (Å²) < 4.78 is 11.6. The molecule has 0 aliphatic rings. The number of carbonyl (C=O) groups is 2. The number of benzene rings is 14. The Morgan fingerprint density at radius 1 is 0.252 bits per heavy atom. The molecule has 4 nitrogen and oxygen atoms in total. The molecule has 0 aliphatic carbocycles. The Labute approximate surface area is 648 Å². The number of hydrogen-bond donors (Lipinski definition) is 0. The molecule has 0 saturated heterocycles. The quantitative estimate of drug-likeness (QED) is 0.0444. The van der Waals surface area contributed by atoms with Crippen LogP contribution in [-0.2, 0) is 29.9 Å². The molecule has 0 saturated carbocycles. The van der Waals surface area contributed by atoms with Crippen molar-refractivity contribution in [2.75, 3.05) is 14.2 Å². The maximum Gasteiger partial charge on any atom is 0.337 e. The van der Waals surface area contributed by atoms with Gasteiger partial charge in [0.25, 0.3) is 0 Å². The van der Waals surface area contributed by atoms with E-state index in [1.807, 2.05) is 24.3 Å². The fourth-order valence-electron chi connectivity index (χ4n) is 10.7. The number of carbonyl (C=O) groups excluding carboxylic acids is 2. The molecule has 0 radical (unpaired) electrons. The average molecular weight is 1730 g/mol. The van der Waals surface area contributed by atoms with E-state index in [1.165, 1.54) is 81.5 Å². The topological polar surface area (TPSA) is 52.6 Å². The van der Waals surface area contributed by atoms with Crippen LogP contribution in [-0.4, -0.2) is 44.5 Å². The molecule has 103 heavy (non-hydrogen) atoms. The zero-order valence-corrected chi connectivity index (χ0v) is 68.0. The Morgan fingerprint density at radius 3 is 0.573 bits per heavy atom. The number of hydrogen-bond acceptors (Lipinski definition) is 4. The standard InChI is InChI=1S/4C18H15P.C8H7IO2.C8H7O2.CH4.3CH3.Pd.Sn/c4*1-4-10-16(11-5-1)19(17-12-6-2-7-13-17)18-14-8-3-9-15-18;1-11-8(10)6-3-2-4-7(9)5-6;1-10-8(9)7-5-3-2-4-6-7;;;;;;/h4*1-15H;2-5H,1H3;2-3,5-6H,1H3;1H4;3*1H3;;. The van der Waals surface area contributed by atoms with Gasteiger partial charge in [0.1, 0.15) is 0 Å². The number of ether oxygens (including phenoxy) is 2. The van der Waals surface area contributed by atoms with Gasteiger partial charge in [0.15, 0.2) is 0 Å². The summed E-state index contributed by atoms with van der Waals surface area (Å²) >= 11 is 0.104. The second-order valence-corrected chi connectivity index (χ2v) is 48.3. The van der Waals surface area contributed by atoms with Crippen molar-refractivity contribution in [2.45, 2.75) is 22.2 Å². The smallest absolute Gasteiger partial charge is 0.337 e. The predicted octanol–water partition coefficient (Wildman–Crippen LogP) is 18.5. The van der Waals surface area contributed by atoms with E-state index in [-0.39, 0.29) is 39.8 Å². The molecule has 11 heteroatoms. The van der Waals surface area contributed by atoms with Gasteiger partial charge in [0.05, 0.1) is 12.7 Å². The third-order valence-electron chi connectivity index (χ3n) is 15.6. The number of methoxy groups -OCH3 is 2. The number of halogens is 1. The maximum absolute atomic E-state index is 11.3. The van der Waals surface area contributed by atoms with Gasteiger partial charge in [-0.3, -0.25) is 0 Å². The van der Waals surface area contributed by atoms with Gasteiger partial charge in [-0.15, -0.1) is 0 Å². The van der Waals surface area contributed by atoms with Crippen molar-refractivity contribution in [3.05, 3.63) is 427 Å². The summed E-state index contributed by atoms with van der Waals surface area (Å²) in [5, 5.41) is 16.8. The van der Waals surface area contributed by atoms with Gasteiger partial charge in [-0.05, 0) is 136 Å². The van der Waals surface area contributed by atoms with Crippen LogP contribution in [0.25, 0.3) is 0 Å². The van der Waals surface area contributed by atoms with E-state index in [0.29, 0.717) is 11.1 Å². The van der Waals surface area contributed by atoms with E-state index >= 15 is 0 Å². The number of esters is 2. The van der Waals surface area contributed by atoms with Crippen molar-refractivity contribution >= 4 is 152 Å². The largest absolute Gasteiger partial charge is 0.465 e. The van der Waals surface area contributed by atoms with Gasteiger partial charge in [-0.2, -0.15) is 0 Å².